The van der Waals surface area contributed by atoms with Crippen molar-refractivity contribution in [3.63, 3.8) is 0 Å². The summed E-state index contributed by atoms with van der Waals surface area (Å²) in [5, 5.41) is 0. The highest BCUT2D eigenvalue weighted by Gasteiger charge is 2.00. The predicted molar refractivity (Wildman–Crippen MR) is 46.3 cm³/mol. The van der Waals surface area contributed by atoms with Crippen LogP contribution in [0.3, 0.4) is 0 Å². The number of nitrogens with zero attached hydrogens (tertiary/aromatic N) is 1. The molecule has 0 spiro atoms. The Bertz CT molecular complexity index is 276. The minimum absolute atomic E-state index is 0. The van der Waals surface area contributed by atoms with Crippen LogP contribution in [0.25, 0.3) is 0 Å². The second-order valence-electron chi connectivity index (χ2n) is 2.07. The van der Waals surface area contributed by atoms with Crippen LogP contribution in [0, 0.1) is 13.8 Å². The van der Waals surface area contributed by atoms with Gasteiger partial charge in [0.15, 0.2) is 0 Å². The minimum Gasteiger partial charge on any atom is -0.306 e. The fraction of sp³-hybridized carbons (Fsp3) is 0.500. The summed E-state index contributed by atoms with van der Waals surface area (Å²) in [6.45, 7) is 3.91. The SMILES string of the molecule is Cc1sc(=O)n(C)c1C.Cl. The molecule has 0 fully saturated rings. The summed E-state index contributed by atoms with van der Waals surface area (Å²) in [5.74, 6) is 0. The van der Waals surface area contributed by atoms with Crippen LogP contribution in [0.4, 0.5) is 0 Å². The first-order chi connectivity index (χ1) is 4.13. The van der Waals surface area contributed by atoms with Crippen LogP contribution in [0.15, 0.2) is 4.79 Å². The number of aryl methyl sites for hydroxylation is 1. The number of halogens is 1. The number of aromatic nitrogens is 1. The fourth-order valence-corrected chi connectivity index (χ4v) is 1.47. The van der Waals surface area contributed by atoms with Gasteiger partial charge >= 0.3 is 4.87 Å². The van der Waals surface area contributed by atoms with E-state index in [0.717, 1.165) is 10.6 Å². The van der Waals surface area contributed by atoms with E-state index in [9.17, 15) is 4.79 Å². The van der Waals surface area contributed by atoms with Crippen LogP contribution >= 0.6 is 23.7 Å². The lowest BCUT2D eigenvalue weighted by Crippen LogP contribution is -2.08. The molecule has 2 nitrogen and oxygen atoms in total. The third-order valence-electron chi connectivity index (χ3n) is 1.53. The summed E-state index contributed by atoms with van der Waals surface area (Å²) in [6.07, 6.45) is 0. The Labute approximate surface area is 69.9 Å². The van der Waals surface area contributed by atoms with Gasteiger partial charge < -0.3 is 4.57 Å². The standard InChI is InChI=1S/C6H9NOS.ClH/c1-4-5(2)9-6(8)7(4)3;/h1-3H3;1H. The van der Waals surface area contributed by atoms with Crippen molar-refractivity contribution in [2.75, 3.05) is 0 Å². The molecule has 0 unspecified atom stereocenters. The molecule has 0 radical (unpaired) electrons. The molecule has 0 bridgehead atoms. The molecular formula is C6H10ClNOS. The molecule has 0 amide bonds. The van der Waals surface area contributed by atoms with Crippen LogP contribution in [0.1, 0.15) is 10.6 Å². The van der Waals surface area contributed by atoms with E-state index < -0.39 is 0 Å². The molecule has 0 aliphatic carbocycles. The Morgan fingerprint density at radius 2 is 1.90 bits per heavy atom. The van der Waals surface area contributed by atoms with Gasteiger partial charge in [0.1, 0.15) is 0 Å². The van der Waals surface area contributed by atoms with Gasteiger partial charge in [0.25, 0.3) is 0 Å². The van der Waals surface area contributed by atoms with Gasteiger partial charge in [0.05, 0.1) is 0 Å². The van der Waals surface area contributed by atoms with Gasteiger partial charge in [-0.1, -0.05) is 11.3 Å². The molecule has 0 N–H and O–H groups in total. The first-order valence-corrected chi connectivity index (χ1v) is 3.57. The molecule has 1 aromatic heterocycles. The second kappa shape index (κ2) is 3.21. The van der Waals surface area contributed by atoms with E-state index in [1.807, 2.05) is 13.8 Å². The van der Waals surface area contributed by atoms with Crippen LogP contribution in [0.2, 0.25) is 0 Å². The summed E-state index contributed by atoms with van der Waals surface area (Å²) >= 11 is 1.30. The highest BCUT2D eigenvalue weighted by Crippen LogP contribution is 2.06. The van der Waals surface area contributed by atoms with Crippen molar-refractivity contribution in [1.82, 2.24) is 4.57 Å². The van der Waals surface area contributed by atoms with Crippen molar-refractivity contribution in [2.45, 2.75) is 13.8 Å². The molecule has 58 valence electrons. The van der Waals surface area contributed by atoms with E-state index >= 15 is 0 Å². The fourth-order valence-electron chi connectivity index (χ4n) is 0.646. The lowest BCUT2D eigenvalue weighted by atomic mass is 10.4. The van der Waals surface area contributed by atoms with Gasteiger partial charge in [-0.2, -0.15) is 0 Å². The van der Waals surface area contributed by atoms with E-state index in [4.69, 9.17) is 0 Å². The Balaban J connectivity index is 0.000000810. The minimum atomic E-state index is 0. The average molecular weight is 180 g/mol. The molecule has 10 heavy (non-hydrogen) atoms. The first kappa shape index (κ1) is 9.72. The molecule has 1 rings (SSSR count). The summed E-state index contributed by atoms with van der Waals surface area (Å²) < 4.78 is 1.67. The predicted octanol–water partition coefficient (Wildman–Crippen LogP) is 1.49. The third-order valence-corrected chi connectivity index (χ3v) is 2.58. The van der Waals surface area contributed by atoms with E-state index in [1.54, 1.807) is 11.6 Å². The number of rotatable bonds is 0. The average Bonchev–Trinajstić information content (AvgIpc) is 1.98. The van der Waals surface area contributed by atoms with Gasteiger partial charge in [0, 0.05) is 17.6 Å². The van der Waals surface area contributed by atoms with E-state index in [2.05, 4.69) is 0 Å². The first-order valence-electron chi connectivity index (χ1n) is 2.76. The Morgan fingerprint density at radius 1 is 1.40 bits per heavy atom. The zero-order chi connectivity index (χ0) is 7.02. The Morgan fingerprint density at radius 3 is 2.00 bits per heavy atom. The number of hydrogen-bond acceptors (Lipinski definition) is 2. The molecule has 0 saturated carbocycles. The van der Waals surface area contributed by atoms with E-state index in [-0.39, 0.29) is 17.3 Å². The molecule has 1 aromatic rings. The van der Waals surface area contributed by atoms with Gasteiger partial charge in [0.2, 0.25) is 0 Å². The number of hydrogen-bond donors (Lipinski definition) is 0. The maximum absolute atomic E-state index is 10.8. The molecular weight excluding hydrogens is 170 g/mol. The summed E-state index contributed by atoms with van der Waals surface area (Å²) in [4.78, 5) is 12.1. The van der Waals surface area contributed by atoms with Crippen LogP contribution in [0.5, 0.6) is 0 Å². The molecule has 0 atom stereocenters. The van der Waals surface area contributed by atoms with Gasteiger partial charge in [-0.15, -0.1) is 12.4 Å². The smallest absolute Gasteiger partial charge is 0.306 e. The van der Waals surface area contributed by atoms with Crippen LogP contribution in [-0.2, 0) is 7.05 Å². The maximum Gasteiger partial charge on any atom is 0.307 e. The summed E-state index contributed by atoms with van der Waals surface area (Å²) in [6, 6.07) is 0. The normalized spacial score (nSPS) is 9.10. The zero-order valence-electron chi connectivity index (χ0n) is 6.17. The Kier molecular flexibility index (Phi) is 3.12. The lowest BCUT2D eigenvalue weighted by Gasteiger charge is -1.90. The van der Waals surface area contributed by atoms with Gasteiger partial charge in [-0.25, -0.2) is 0 Å². The van der Waals surface area contributed by atoms with E-state index in [1.165, 1.54) is 11.3 Å². The molecule has 0 aliphatic heterocycles. The Hall–Kier alpha value is -0.280. The molecule has 4 heteroatoms. The number of thiazole rings is 1. The highest BCUT2D eigenvalue weighted by atomic mass is 35.5. The van der Waals surface area contributed by atoms with Crippen molar-refractivity contribution < 1.29 is 0 Å². The zero-order valence-corrected chi connectivity index (χ0v) is 7.80. The molecule has 0 saturated heterocycles. The summed E-state index contributed by atoms with van der Waals surface area (Å²) in [7, 11) is 1.79. The van der Waals surface area contributed by atoms with Crippen molar-refractivity contribution in [2.24, 2.45) is 7.05 Å². The van der Waals surface area contributed by atoms with Crippen molar-refractivity contribution in [1.29, 1.82) is 0 Å². The maximum atomic E-state index is 10.8. The van der Waals surface area contributed by atoms with Crippen LogP contribution in [-0.4, -0.2) is 4.57 Å². The van der Waals surface area contributed by atoms with Crippen molar-refractivity contribution in [3.05, 3.63) is 20.2 Å². The quantitative estimate of drug-likeness (QED) is 0.592. The van der Waals surface area contributed by atoms with Crippen LogP contribution < -0.4 is 4.87 Å². The lowest BCUT2D eigenvalue weighted by molar-refractivity contribution is 0.848. The second-order valence-corrected chi connectivity index (χ2v) is 3.23. The highest BCUT2D eigenvalue weighted by molar-refractivity contribution is 7.09. The molecule has 1 heterocycles. The monoisotopic (exact) mass is 179 g/mol. The van der Waals surface area contributed by atoms with Crippen molar-refractivity contribution >= 4 is 23.7 Å². The molecule has 0 aliphatic rings. The largest absolute Gasteiger partial charge is 0.307 e. The van der Waals surface area contributed by atoms with Crippen molar-refractivity contribution in [3.8, 4) is 0 Å². The topological polar surface area (TPSA) is 22.0 Å². The van der Waals surface area contributed by atoms with Gasteiger partial charge in [-0.05, 0) is 13.8 Å². The third kappa shape index (κ3) is 1.41. The molecule has 0 aromatic carbocycles. The summed E-state index contributed by atoms with van der Waals surface area (Å²) in [5.41, 5.74) is 1.07. The van der Waals surface area contributed by atoms with E-state index in [0.29, 0.717) is 0 Å². The van der Waals surface area contributed by atoms with Gasteiger partial charge in [-0.3, -0.25) is 4.79 Å².